The second-order valence-corrected chi connectivity index (χ2v) is 5.70. The Bertz CT molecular complexity index is 778. The van der Waals surface area contributed by atoms with Crippen LogP contribution in [0.3, 0.4) is 0 Å². The summed E-state index contributed by atoms with van der Waals surface area (Å²) in [6, 6.07) is 8.01. The van der Waals surface area contributed by atoms with Crippen molar-refractivity contribution >= 4 is 0 Å². The number of aryl methyl sites for hydroxylation is 1. The molecule has 1 aromatic carbocycles. The van der Waals surface area contributed by atoms with Gasteiger partial charge in [-0.05, 0) is 45.2 Å². The number of aromatic nitrogens is 4. The fourth-order valence-corrected chi connectivity index (χ4v) is 2.56. The topological polar surface area (TPSA) is 80.1 Å². The summed E-state index contributed by atoms with van der Waals surface area (Å²) in [5, 5.41) is 15.0. The first kappa shape index (κ1) is 16.2. The van der Waals surface area contributed by atoms with Gasteiger partial charge in [0.15, 0.2) is 0 Å². The molecule has 0 bridgehead atoms. The van der Waals surface area contributed by atoms with Crippen LogP contribution in [0.5, 0.6) is 5.75 Å². The number of aromatic amines is 1. The number of ether oxygens (including phenoxy) is 1. The molecule has 0 radical (unpaired) electrons. The molecule has 0 atom stereocenters. The Morgan fingerprint density at radius 1 is 1.17 bits per heavy atom. The lowest BCUT2D eigenvalue weighted by atomic mass is 10.1. The Hall–Kier alpha value is -2.67. The molecule has 7 nitrogen and oxygen atoms in total. The van der Waals surface area contributed by atoms with Crippen molar-refractivity contribution in [1.29, 1.82) is 0 Å². The highest BCUT2D eigenvalue weighted by Crippen LogP contribution is 2.24. The molecule has 0 aliphatic carbocycles. The van der Waals surface area contributed by atoms with Crippen LogP contribution in [0.2, 0.25) is 0 Å². The van der Waals surface area contributed by atoms with E-state index in [1.165, 1.54) is 0 Å². The van der Waals surface area contributed by atoms with Gasteiger partial charge in [0.05, 0.1) is 18.5 Å². The number of benzene rings is 1. The fourth-order valence-electron chi connectivity index (χ4n) is 2.56. The van der Waals surface area contributed by atoms with Gasteiger partial charge in [-0.3, -0.25) is 10.00 Å². The molecule has 1 N–H and O–H groups in total. The molecule has 24 heavy (non-hydrogen) atoms. The van der Waals surface area contributed by atoms with Crippen molar-refractivity contribution in [2.24, 2.45) is 0 Å². The van der Waals surface area contributed by atoms with Crippen molar-refractivity contribution in [1.82, 2.24) is 25.4 Å². The van der Waals surface area contributed by atoms with Gasteiger partial charge in [0, 0.05) is 24.2 Å². The average molecular weight is 327 g/mol. The van der Waals surface area contributed by atoms with Crippen LogP contribution in [-0.2, 0) is 13.1 Å². The summed E-state index contributed by atoms with van der Waals surface area (Å²) in [6.45, 7) is 5.94. The maximum absolute atomic E-state index is 5.49. The summed E-state index contributed by atoms with van der Waals surface area (Å²) in [5.74, 6) is 0.869. The van der Waals surface area contributed by atoms with Crippen LogP contribution in [0, 0.1) is 6.92 Å². The van der Waals surface area contributed by atoms with Crippen molar-refractivity contribution < 1.29 is 9.37 Å². The average Bonchev–Trinajstić information content (AvgIpc) is 3.18. The quantitative estimate of drug-likeness (QED) is 0.719. The van der Waals surface area contributed by atoms with E-state index in [-0.39, 0.29) is 0 Å². The summed E-state index contributed by atoms with van der Waals surface area (Å²) in [7, 11) is 2.03. The molecule has 0 saturated carbocycles. The van der Waals surface area contributed by atoms with Crippen LogP contribution in [0.15, 0.2) is 35.1 Å². The van der Waals surface area contributed by atoms with Gasteiger partial charge in [0.1, 0.15) is 17.1 Å². The number of nitrogens with zero attached hydrogens (tertiary/aromatic N) is 4. The van der Waals surface area contributed by atoms with Crippen LogP contribution < -0.4 is 4.74 Å². The molecule has 0 aliphatic heterocycles. The van der Waals surface area contributed by atoms with E-state index in [1.54, 1.807) is 0 Å². The minimum atomic E-state index is 0.662. The van der Waals surface area contributed by atoms with Gasteiger partial charge in [-0.25, -0.2) is 4.63 Å². The first-order valence-corrected chi connectivity index (χ1v) is 7.89. The van der Waals surface area contributed by atoms with Crippen LogP contribution in [0.4, 0.5) is 0 Å². The molecule has 2 aromatic heterocycles. The highest BCUT2D eigenvalue weighted by molar-refractivity contribution is 5.63. The Balaban J connectivity index is 1.71. The minimum absolute atomic E-state index is 0.662. The number of hydrogen-bond donors (Lipinski definition) is 1. The van der Waals surface area contributed by atoms with Crippen molar-refractivity contribution in [2.45, 2.75) is 26.9 Å². The summed E-state index contributed by atoms with van der Waals surface area (Å²) < 4.78 is 10.2. The van der Waals surface area contributed by atoms with Crippen molar-refractivity contribution in [2.75, 3.05) is 13.7 Å². The van der Waals surface area contributed by atoms with Crippen LogP contribution in [0.1, 0.15) is 23.9 Å². The number of hydrogen-bond acceptors (Lipinski definition) is 6. The molecular formula is C17H21N5O2. The zero-order chi connectivity index (χ0) is 16.9. The van der Waals surface area contributed by atoms with E-state index in [2.05, 4.69) is 25.4 Å². The molecule has 0 fully saturated rings. The van der Waals surface area contributed by atoms with E-state index >= 15 is 0 Å². The molecule has 0 unspecified atom stereocenters. The largest absolute Gasteiger partial charge is 0.494 e. The second-order valence-electron chi connectivity index (χ2n) is 5.70. The first-order chi connectivity index (χ1) is 11.7. The highest BCUT2D eigenvalue weighted by atomic mass is 16.6. The molecule has 0 amide bonds. The van der Waals surface area contributed by atoms with Crippen LogP contribution >= 0.6 is 0 Å². The van der Waals surface area contributed by atoms with Crippen LogP contribution in [-0.4, -0.2) is 39.1 Å². The highest BCUT2D eigenvalue weighted by Gasteiger charge is 2.13. The summed E-state index contributed by atoms with van der Waals surface area (Å²) in [4.78, 5) is 2.15. The van der Waals surface area contributed by atoms with E-state index in [9.17, 15) is 0 Å². The lowest BCUT2D eigenvalue weighted by molar-refractivity contribution is 0.279. The Labute approximate surface area is 140 Å². The van der Waals surface area contributed by atoms with E-state index in [0.717, 1.165) is 40.5 Å². The van der Waals surface area contributed by atoms with Crippen molar-refractivity contribution in [3.63, 3.8) is 0 Å². The Morgan fingerprint density at radius 3 is 2.62 bits per heavy atom. The Morgan fingerprint density at radius 2 is 1.96 bits per heavy atom. The first-order valence-electron chi connectivity index (χ1n) is 7.89. The number of rotatable bonds is 7. The third-order valence-corrected chi connectivity index (χ3v) is 3.78. The summed E-state index contributed by atoms with van der Waals surface area (Å²) in [5.41, 5.74) is 4.89. The molecular weight excluding hydrogens is 306 g/mol. The smallest absolute Gasteiger partial charge is 0.122 e. The van der Waals surface area contributed by atoms with Gasteiger partial charge in [0.2, 0.25) is 0 Å². The van der Waals surface area contributed by atoms with Gasteiger partial charge in [-0.1, -0.05) is 10.3 Å². The van der Waals surface area contributed by atoms with E-state index in [1.807, 2.05) is 51.4 Å². The van der Waals surface area contributed by atoms with Gasteiger partial charge in [0.25, 0.3) is 0 Å². The molecule has 3 rings (SSSR count). The standard InChI is InChI=1S/C17H21N5O2/c1-4-23-15-7-5-13(6-8-15)17-14(9-18-19-17)10-22(3)11-16-12(2)20-24-21-16/h5-9H,4,10-11H2,1-3H3,(H,18,19). The third-order valence-electron chi connectivity index (χ3n) is 3.78. The predicted molar refractivity (Wildman–Crippen MR) is 89.4 cm³/mol. The van der Waals surface area contributed by atoms with Crippen molar-refractivity contribution in [3.8, 4) is 17.0 Å². The molecule has 7 heteroatoms. The van der Waals surface area contributed by atoms with Gasteiger partial charge in [-0.2, -0.15) is 5.10 Å². The second kappa shape index (κ2) is 7.27. The minimum Gasteiger partial charge on any atom is -0.494 e. The molecule has 0 aliphatic rings. The zero-order valence-corrected chi connectivity index (χ0v) is 14.1. The van der Waals surface area contributed by atoms with Gasteiger partial charge >= 0.3 is 0 Å². The zero-order valence-electron chi connectivity index (χ0n) is 14.1. The Kier molecular flexibility index (Phi) is 4.90. The number of H-pyrrole nitrogens is 1. The third kappa shape index (κ3) is 3.62. The normalized spacial score (nSPS) is 11.2. The molecule has 126 valence electrons. The molecule has 0 spiro atoms. The van der Waals surface area contributed by atoms with Gasteiger partial charge in [-0.15, -0.1) is 0 Å². The lowest BCUT2D eigenvalue weighted by Crippen LogP contribution is -2.18. The maximum atomic E-state index is 5.49. The van der Waals surface area contributed by atoms with E-state index in [0.29, 0.717) is 13.2 Å². The van der Waals surface area contributed by atoms with E-state index < -0.39 is 0 Å². The van der Waals surface area contributed by atoms with Gasteiger partial charge < -0.3 is 4.74 Å². The van der Waals surface area contributed by atoms with Crippen LogP contribution in [0.25, 0.3) is 11.3 Å². The maximum Gasteiger partial charge on any atom is 0.122 e. The SMILES string of the molecule is CCOc1ccc(-c2[nH]ncc2CN(C)Cc2nonc2C)cc1. The van der Waals surface area contributed by atoms with Crippen molar-refractivity contribution in [3.05, 3.63) is 47.4 Å². The fraction of sp³-hybridized carbons (Fsp3) is 0.353. The molecule has 0 saturated heterocycles. The predicted octanol–water partition coefficient (Wildman–Crippen LogP) is 2.80. The number of nitrogens with one attached hydrogen (secondary N) is 1. The monoisotopic (exact) mass is 327 g/mol. The molecule has 3 aromatic rings. The van der Waals surface area contributed by atoms with E-state index in [4.69, 9.17) is 9.37 Å². The summed E-state index contributed by atoms with van der Waals surface area (Å²) >= 11 is 0. The molecule has 2 heterocycles. The lowest BCUT2D eigenvalue weighted by Gasteiger charge is -2.15. The summed E-state index contributed by atoms with van der Waals surface area (Å²) in [6.07, 6.45) is 1.86.